The molecule has 22 heavy (non-hydrogen) atoms. The summed E-state index contributed by atoms with van der Waals surface area (Å²) in [6, 6.07) is 7.64. The lowest BCUT2D eigenvalue weighted by Gasteiger charge is -2.07. The molecule has 0 aliphatic rings. The van der Waals surface area contributed by atoms with Gasteiger partial charge < -0.3 is 4.74 Å². The number of fused-ring (bicyclic) bond motifs is 1. The molecule has 0 aliphatic heterocycles. The zero-order valence-corrected chi connectivity index (χ0v) is 13.1. The quantitative estimate of drug-likeness (QED) is 0.698. The van der Waals surface area contributed by atoms with E-state index in [1.54, 1.807) is 14.0 Å². The lowest BCUT2D eigenvalue weighted by atomic mass is 10.1. The highest BCUT2D eigenvalue weighted by molar-refractivity contribution is 7.17. The van der Waals surface area contributed by atoms with Crippen molar-refractivity contribution in [2.45, 2.75) is 13.5 Å². The highest BCUT2D eigenvalue weighted by atomic mass is 32.1. The van der Waals surface area contributed by atoms with Gasteiger partial charge in [0.15, 0.2) is 0 Å². The number of terminal acetylenes is 1. The molecule has 0 saturated heterocycles. The van der Waals surface area contributed by atoms with Crippen molar-refractivity contribution >= 4 is 21.6 Å². The van der Waals surface area contributed by atoms with E-state index in [2.05, 4.69) is 10.9 Å². The molecular formula is C17H14N2O2S. The Bertz CT molecular complexity index is 947. The van der Waals surface area contributed by atoms with Gasteiger partial charge in [0.1, 0.15) is 16.4 Å². The van der Waals surface area contributed by atoms with E-state index >= 15 is 0 Å². The Kier molecular flexibility index (Phi) is 3.70. The summed E-state index contributed by atoms with van der Waals surface area (Å²) in [5, 5.41) is 2.56. The molecule has 3 rings (SSSR count). The second kappa shape index (κ2) is 5.66. The van der Waals surface area contributed by atoms with Gasteiger partial charge in [-0.2, -0.15) is 0 Å². The Labute approximate surface area is 132 Å². The summed E-state index contributed by atoms with van der Waals surface area (Å²) >= 11 is 1.46. The fourth-order valence-electron chi connectivity index (χ4n) is 2.41. The van der Waals surface area contributed by atoms with E-state index in [-0.39, 0.29) is 12.1 Å². The van der Waals surface area contributed by atoms with E-state index in [0.29, 0.717) is 11.2 Å². The molecule has 0 aliphatic carbocycles. The van der Waals surface area contributed by atoms with Gasteiger partial charge in [-0.15, -0.1) is 17.8 Å². The fourth-order valence-corrected chi connectivity index (χ4v) is 3.39. The van der Waals surface area contributed by atoms with Crippen LogP contribution in [-0.4, -0.2) is 16.7 Å². The van der Waals surface area contributed by atoms with Gasteiger partial charge in [-0.25, -0.2) is 4.98 Å². The standard InChI is InChI=1S/C17H14N2O2S/c1-4-8-19-11(2)18-16-15(17(19)20)14(10-22-16)12-6-5-7-13(9-12)21-3/h1,5-7,9-10H,8H2,2-3H3. The minimum Gasteiger partial charge on any atom is -0.497 e. The number of aryl methyl sites for hydroxylation is 1. The van der Waals surface area contributed by atoms with Crippen molar-refractivity contribution in [3.8, 4) is 29.2 Å². The van der Waals surface area contributed by atoms with Crippen molar-refractivity contribution in [1.29, 1.82) is 0 Å². The van der Waals surface area contributed by atoms with Crippen LogP contribution < -0.4 is 10.3 Å². The third-order valence-electron chi connectivity index (χ3n) is 3.51. The van der Waals surface area contributed by atoms with Crippen LogP contribution in [-0.2, 0) is 6.54 Å². The van der Waals surface area contributed by atoms with Crippen molar-refractivity contribution < 1.29 is 4.74 Å². The lowest BCUT2D eigenvalue weighted by molar-refractivity contribution is 0.415. The normalized spacial score (nSPS) is 10.6. The molecule has 3 aromatic rings. The van der Waals surface area contributed by atoms with E-state index in [1.165, 1.54) is 15.9 Å². The maximum atomic E-state index is 12.8. The first-order valence-corrected chi connectivity index (χ1v) is 7.60. The molecule has 0 bridgehead atoms. The van der Waals surface area contributed by atoms with E-state index in [4.69, 9.17) is 11.2 Å². The van der Waals surface area contributed by atoms with Crippen LogP contribution >= 0.6 is 11.3 Å². The number of nitrogens with zero attached hydrogens (tertiary/aromatic N) is 2. The third kappa shape index (κ3) is 2.28. The van der Waals surface area contributed by atoms with Crippen LogP contribution in [0.25, 0.3) is 21.3 Å². The lowest BCUT2D eigenvalue weighted by Crippen LogP contribution is -2.23. The molecular weight excluding hydrogens is 296 g/mol. The topological polar surface area (TPSA) is 44.1 Å². The van der Waals surface area contributed by atoms with Gasteiger partial charge in [-0.3, -0.25) is 9.36 Å². The predicted molar refractivity (Wildman–Crippen MR) is 89.4 cm³/mol. The highest BCUT2D eigenvalue weighted by Crippen LogP contribution is 2.32. The molecule has 1 aromatic carbocycles. The number of ether oxygens (including phenoxy) is 1. The van der Waals surface area contributed by atoms with Gasteiger partial charge in [0.2, 0.25) is 0 Å². The monoisotopic (exact) mass is 310 g/mol. The Morgan fingerprint density at radius 2 is 2.27 bits per heavy atom. The molecule has 0 spiro atoms. The maximum Gasteiger partial charge on any atom is 0.263 e. The third-order valence-corrected chi connectivity index (χ3v) is 4.39. The Morgan fingerprint density at radius 3 is 3.00 bits per heavy atom. The van der Waals surface area contributed by atoms with Gasteiger partial charge in [0, 0.05) is 10.9 Å². The fraction of sp³-hybridized carbons (Fsp3) is 0.176. The van der Waals surface area contributed by atoms with Crippen LogP contribution in [0.15, 0.2) is 34.4 Å². The number of benzene rings is 1. The van der Waals surface area contributed by atoms with Gasteiger partial charge in [0.25, 0.3) is 5.56 Å². The second-order valence-electron chi connectivity index (χ2n) is 4.82. The Morgan fingerprint density at radius 1 is 1.45 bits per heavy atom. The largest absolute Gasteiger partial charge is 0.497 e. The zero-order valence-electron chi connectivity index (χ0n) is 12.3. The van der Waals surface area contributed by atoms with Crippen molar-refractivity contribution in [3.63, 3.8) is 0 Å². The van der Waals surface area contributed by atoms with Crippen LogP contribution in [0.3, 0.4) is 0 Å². The number of thiophene rings is 1. The minimum atomic E-state index is -0.0977. The van der Waals surface area contributed by atoms with E-state index in [9.17, 15) is 4.79 Å². The first kappa shape index (κ1) is 14.4. The molecule has 0 N–H and O–H groups in total. The minimum absolute atomic E-state index is 0.0977. The number of methoxy groups -OCH3 is 1. The summed E-state index contributed by atoms with van der Waals surface area (Å²) in [5.41, 5.74) is 1.70. The SMILES string of the molecule is C#CCn1c(C)nc2scc(-c3cccc(OC)c3)c2c1=O. The van der Waals surface area contributed by atoms with Gasteiger partial charge >= 0.3 is 0 Å². The first-order chi connectivity index (χ1) is 10.7. The number of hydrogen-bond donors (Lipinski definition) is 0. The number of aromatic nitrogens is 2. The average Bonchev–Trinajstić information content (AvgIpc) is 2.95. The Balaban J connectivity index is 2.30. The van der Waals surface area contributed by atoms with Crippen LogP contribution in [0, 0.1) is 19.3 Å². The van der Waals surface area contributed by atoms with E-state index in [0.717, 1.165) is 21.7 Å². The smallest absolute Gasteiger partial charge is 0.263 e. The predicted octanol–water partition coefficient (Wildman–Crippen LogP) is 3.08. The van der Waals surface area contributed by atoms with Crippen LogP contribution in [0.2, 0.25) is 0 Å². The van der Waals surface area contributed by atoms with Crippen LogP contribution in [0.4, 0.5) is 0 Å². The molecule has 2 aromatic heterocycles. The van der Waals surface area contributed by atoms with Gasteiger partial charge in [-0.05, 0) is 24.6 Å². The number of hydrogen-bond acceptors (Lipinski definition) is 4. The molecule has 0 unspecified atom stereocenters. The maximum absolute atomic E-state index is 12.8. The van der Waals surface area contributed by atoms with Gasteiger partial charge in [0.05, 0.1) is 19.0 Å². The molecule has 5 heteroatoms. The summed E-state index contributed by atoms with van der Waals surface area (Å²) in [6.07, 6.45) is 5.35. The molecule has 0 saturated carbocycles. The molecule has 4 nitrogen and oxygen atoms in total. The molecule has 2 heterocycles. The molecule has 0 amide bonds. The summed E-state index contributed by atoms with van der Waals surface area (Å²) in [7, 11) is 1.62. The zero-order chi connectivity index (χ0) is 15.7. The first-order valence-electron chi connectivity index (χ1n) is 6.72. The molecule has 0 fully saturated rings. The van der Waals surface area contributed by atoms with Crippen LogP contribution in [0.5, 0.6) is 5.75 Å². The van der Waals surface area contributed by atoms with Crippen molar-refractivity contribution in [3.05, 3.63) is 45.8 Å². The average molecular weight is 310 g/mol. The van der Waals surface area contributed by atoms with Gasteiger partial charge in [-0.1, -0.05) is 18.1 Å². The van der Waals surface area contributed by atoms with Crippen molar-refractivity contribution in [2.24, 2.45) is 0 Å². The summed E-state index contributed by atoms with van der Waals surface area (Å²) in [6.45, 7) is 2.02. The summed E-state index contributed by atoms with van der Waals surface area (Å²) in [5.74, 6) is 3.89. The summed E-state index contributed by atoms with van der Waals surface area (Å²) in [4.78, 5) is 18.0. The van der Waals surface area contributed by atoms with E-state index in [1.807, 2.05) is 29.6 Å². The summed E-state index contributed by atoms with van der Waals surface area (Å²) < 4.78 is 6.78. The highest BCUT2D eigenvalue weighted by Gasteiger charge is 2.15. The second-order valence-corrected chi connectivity index (χ2v) is 5.67. The molecule has 0 radical (unpaired) electrons. The van der Waals surface area contributed by atoms with Crippen LogP contribution in [0.1, 0.15) is 5.82 Å². The molecule has 110 valence electrons. The number of rotatable bonds is 3. The van der Waals surface area contributed by atoms with Crippen molar-refractivity contribution in [2.75, 3.05) is 7.11 Å². The van der Waals surface area contributed by atoms with Crippen molar-refractivity contribution in [1.82, 2.24) is 9.55 Å². The Hall–Kier alpha value is -2.58. The van der Waals surface area contributed by atoms with E-state index < -0.39 is 0 Å². The molecule has 0 atom stereocenters.